The number of methoxy groups -OCH3 is 1. The van der Waals surface area contributed by atoms with Crippen LogP contribution in [-0.4, -0.2) is 32.8 Å². The van der Waals surface area contributed by atoms with Crippen molar-refractivity contribution in [2.24, 2.45) is 5.41 Å². The summed E-state index contributed by atoms with van der Waals surface area (Å²) in [4.78, 5) is 13.2. The summed E-state index contributed by atoms with van der Waals surface area (Å²) in [5.41, 5.74) is 1.76. The Kier molecular flexibility index (Phi) is 4.33. The monoisotopic (exact) mass is 351 g/mol. The Morgan fingerprint density at radius 1 is 1.19 bits per heavy atom. The van der Waals surface area contributed by atoms with E-state index in [2.05, 4.69) is 29.6 Å². The predicted octanol–water partition coefficient (Wildman–Crippen LogP) is 3.04. The van der Waals surface area contributed by atoms with E-state index in [1.54, 1.807) is 0 Å². The molecule has 2 aromatic carbocycles. The van der Waals surface area contributed by atoms with Crippen molar-refractivity contribution in [3.8, 4) is 0 Å². The van der Waals surface area contributed by atoms with Crippen molar-refractivity contribution in [1.82, 2.24) is 5.32 Å². The average molecular weight is 351 g/mol. The Morgan fingerprint density at radius 2 is 1.92 bits per heavy atom. The molecule has 1 aliphatic carbocycles. The van der Waals surface area contributed by atoms with Gasteiger partial charge < -0.3 is 14.8 Å². The molecule has 2 aliphatic rings. The van der Waals surface area contributed by atoms with Gasteiger partial charge in [-0.1, -0.05) is 54.6 Å². The number of fused-ring (bicyclic) bond motifs is 3. The summed E-state index contributed by atoms with van der Waals surface area (Å²) in [5.74, 6) is -0.180. The third-order valence-corrected chi connectivity index (χ3v) is 5.99. The molecule has 1 aliphatic heterocycles. The van der Waals surface area contributed by atoms with Crippen LogP contribution in [0.2, 0.25) is 0 Å². The van der Waals surface area contributed by atoms with E-state index >= 15 is 0 Å². The van der Waals surface area contributed by atoms with E-state index in [0.717, 1.165) is 30.5 Å². The summed E-state index contributed by atoms with van der Waals surface area (Å²) in [7, 11) is 3.42. The van der Waals surface area contributed by atoms with Crippen LogP contribution in [0.3, 0.4) is 0 Å². The molecule has 4 heteroatoms. The number of benzene rings is 2. The van der Waals surface area contributed by atoms with Gasteiger partial charge in [0.25, 0.3) is 0 Å². The van der Waals surface area contributed by atoms with Crippen LogP contribution >= 0.6 is 0 Å². The van der Waals surface area contributed by atoms with Gasteiger partial charge in [0, 0.05) is 6.54 Å². The summed E-state index contributed by atoms with van der Waals surface area (Å²) in [5, 5.41) is 3.22. The van der Waals surface area contributed by atoms with Crippen molar-refractivity contribution in [3.63, 3.8) is 0 Å². The molecule has 4 nitrogen and oxygen atoms in total. The second kappa shape index (κ2) is 6.53. The topological polar surface area (TPSA) is 47.6 Å². The lowest BCUT2D eigenvalue weighted by atomic mass is 9.64. The van der Waals surface area contributed by atoms with Gasteiger partial charge in [-0.25, -0.2) is 0 Å². The van der Waals surface area contributed by atoms with E-state index in [9.17, 15) is 4.79 Å². The minimum Gasteiger partial charge on any atom is -0.468 e. The van der Waals surface area contributed by atoms with Gasteiger partial charge in [0.15, 0.2) is 0 Å². The van der Waals surface area contributed by atoms with Crippen LogP contribution in [0.1, 0.15) is 29.5 Å². The summed E-state index contributed by atoms with van der Waals surface area (Å²) >= 11 is 0. The van der Waals surface area contributed by atoms with E-state index in [1.165, 1.54) is 12.7 Å². The van der Waals surface area contributed by atoms with Gasteiger partial charge in [-0.05, 0) is 43.0 Å². The molecule has 4 rings (SSSR count). The number of rotatable bonds is 4. The van der Waals surface area contributed by atoms with E-state index in [4.69, 9.17) is 9.47 Å². The summed E-state index contributed by atoms with van der Waals surface area (Å²) in [6.07, 6.45) is 2.27. The van der Waals surface area contributed by atoms with E-state index in [-0.39, 0.29) is 12.1 Å². The molecule has 1 heterocycles. The van der Waals surface area contributed by atoms with Crippen molar-refractivity contribution >= 4 is 5.97 Å². The van der Waals surface area contributed by atoms with Crippen LogP contribution in [-0.2, 0) is 26.3 Å². The van der Waals surface area contributed by atoms with Crippen molar-refractivity contribution in [1.29, 1.82) is 0 Å². The first-order valence-electron chi connectivity index (χ1n) is 9.23. The van der Waals surface area contributed by atoms with Gasteiger partial charge in [-0.2, -0.15) is 0 Å². The number of hydrogen-bond donors (Lipinski definition) is 1. The molecule has 0 spiro atoms. The SMILES string of the molecule is CNC[C@@H]1CC[C@@]2(C(=O)OC)Cc3ccccc3[C@@]2(c2ccccc2)O1. The molecule has 1 N–H and O–H groups in total. The van der Waals surface area contributed by atoms with Crippen LogP contribution in [0.4, 0.5) is 0 Å². The molecule has 1 fully saturated rings. The molecule has 26 heavy (non-hydrogen) atoms. The first kappa shape index (κ1) is 17.3. The van der Waals surface area contributed by atoms with Crippen LogP contribution in [0, 0.1) is 5.41 Å². The zero-order chi connectivity index (χ0) is 18.2. The highest BCUT2D eigenvalue weighted by Crippen LogP contribution is 2.61. The number of carbonyl (C=O) groups is 1. The van der Waals surface area contributed by atoms with Crippen molar-refractivity contribution in [2.45, 2.75) is 31.0 Å². The molecule has 0 aromatic heterocycles. The molecule has 0 bridgehead atoms. The number of hydrogen-bond acceptors (Lipinski definition) is 4. The van der Waals surface area contributed by atoms with Crippen molar-refractivity contribution < 1.29 is 14.3 Å². The zero-order valence-electron chi connectivity index (χ0n) is 15.3. The van der Waals surface area contributed by atoms with Gasteiger partial charge >= 0.3 is 5.97 Å². The fraction of sp³-hybridized carbons (Fsp3) is 0.409. The molecule has 0 amide bonds. The normalized spacial score (nSPS) is 29.7. The van der Waals surface area contributed by atoms with Gasteiger partial charge in [-0.3, -0.25) is 4.79 Å². The van der Waals surface area contributed by atoms with E-state index < -0.39 is 11.0 Å². The smallest absolute Gasteiger partial charge is 0.315 e. The van der Waals surface area contributed by atoms with Crippen LogP contribution in [0.15, 0.2) is 54.6 Å². The fourth-order valence-electron chi connectivity index (χ4n) is 4.94. The van der Waals surface area contributed by atoms with Gasteiger partial charge in [-0.15, -0.1) is 0 Å². The van der Waals surface area contributed by atoms with Gasteiger partial charge in [0.05, 0.1) is 13.2 Å². The van der Waals surface area contributed by atoms with Crippen LogP contribution < -0.4 is 5.32 Å². The number of esters is 1. The van der Waals surface area contributed by atoms with Crippen molar-refractivity contribution in [2.75, 3.05) is 20.7 Å². The maximum absolute atomic E-state index is 13.2. The lowest BCUT2D eigenvalue weighted by Crippen LogP contribution is -2.57. The Bertz CT molecular complexity index is 806. The van der Waals surface area contributed by atoms with Crippen LogP contribution in [0.5, 0.6) is 0 Å². The number of likely N-dealkylation sites (N-methyl/N-ethyl adjacent to an activating group) is 1. The molecular formula is C22H25NO3. The third-order valence-electron chi connectivity index (χ3n) is 5.99. The molecule has 2 aromatic rings. The Balaban J connectivity index is 1.98. The Morgan fingerprint density at radius 3 is 2.65 bits per heavy atom. The summed E-state index contributed by atoms with van der Waals surface area (Å²) in [6, 6.07) is 18.4. The first-order valence-corrected chi connectivity index (χ1v) is 9.23. The summed E-state index contributed by atoms with van der Waals surface area (Å²) < 4.78 is 12.1. The highest BCUT2D eigenvalue weighted by Gasteiger charge is 2.66. The molecular weight excluding hydrogens is 326 g/mol. The lowest BCUT2D eigenvalue weighted by molar-refractivity contribution is -0.203. The minimum atomic E-state index is -0.808. The first-order chi connectivity index (χ1) is 12.7. The predicted molar refractivity (Wildman–Crippen MR) is 99.9 cm³/mol. The number of carbonyl (C=O) groups excluding carboxylic acids is 1. The molecule has 136 valence electrons. The van der Waals surface area contributed by atoms with Crippen molar-refractivity contribution in [3.05, 3.63) is 71.3 Å². The van der Waals surface area contributed by atoms with E-state index in [0.29, 0.717) is 6.42 Å². The fourth-order valence-corrected chi connectivity index (χ4v) is 4.94. The largest absolute Gasteiger partial charge is 0.468 e. The standard InChI is InChI=1S/C22H25NO3/c1-23-15-18-12-13-21(20(24)25-2)14-16-8-6-7-11-19(16)22(21,26-18)17-9-4-3-5-10-17/h3-11,18,23H,12-15H2,1-2H3/t18-,21-,22+/m0/s1. The lowest BCUT2D eigenvalue weighted by Gasteiger charge is -2.50. The highest BCUT2D eigenvalue weighted by atomic mass is 16.5. The average Bonchev–Trinajstić information content (AvgIpc) is 3.00. The number of nitrogens with one attached hydrogen (secondary N) is 1. The highest BCUT2D eigenvalue weighted by molar-refractivity contribution is 5.83. The zero-order valence-corrected chi connectivity index (χ0v) is 15.3. The molecule has 0 unspecified atom stereocenters. The summed E-state index contributed by atoms with van der Waals surface area (Å²) in [6.45, 7) is 0.758. The third kappa shape index (κ3) is 2.25. The number of ether oxygens (including phenoxy) is 2. The minimum absolute atomic E-state index is 0.0455. The Hall–Kier alpha value is -2.17. The quantitative estimate of drug-likeness (QED) is 0.860. The second-order valence-electron chi connectivity index (χ2n) is 7.29. The Labute approximate surface area is 154 Å². The van der Waals surface area contributed by atoms with E-state index in [1.807, 2.05) is 37.4 Å². The molecule has 1 saturated heterocycles. The maximum Gasteiger partial charge on any atom is 0.315 e. The van der Waals surface area contributed by atoms with Gasteiger partial charge in [0.2, 0.25) is 0 Å². The van der Waals surface area contributed by atoms with Crippen LogP contribution in [0.25, 0.3) is 0 Å². The van der Waals surface area contributed by atoms with Gasteiger partial charge in [0.1, 0.15) is 11.0 Å². The molecule has 0 radical (unpaired) electrons. The maximum atomic E-state index is 13.2. The second-order valence-corrected chi connectivity index (χ2v) is 7.29. The molecule has 3 atom stereocenters. The molecule has 0 saturated carbocycles.